The number of nitrogens with zero attached hydrogens (tertiary/aromatic N) is 2. The van der Waals surface area contributed by atoms with Crippen LogP contribution in [0.25, 0.3) is 0 Å². The molecule has 1 aliphatic carbocycles. The molecule has 1 heterocycles. The van der Waals surface area contributed by atoms with Gasteiger partial charge in [0.25, 0.3) is 0 Å². The fraction of sp³-hybridized carbons (Fsp3) is 0.500. The Bertz CT molecular complexity index is 388. The number of rotatable bonds is 3. The summed E-state index contributed by atoms with van der Waals surface area (Å²) in [7, 11) is 1.47. The number of hydrogen-bond donors (Lipinski definition) is 1. The van der Waals surface area contributed by atoms with E-state index in [9.17, 15) is 4.79 Å². The van der Waals surface area contributed by atoms with Gasteiger partial charge in [-0.05, 0) is 12.8 Å². The van der Waals surface area contributed by atoms with Crippen LogP contribution in [0.15, 0.2) is 6.07 Å². The molecule has 0 aromatic carbocycles. The standard InChI is InChI=1S/C10H12N2O3/c1-15-8-5-7(10(13)14)11-9(12-8)6-3-2-4-6/h5-6H,2-4H2,1H3,(H,13,14). The van der Waals surface area contributed by atoms with Crippen LogP contribution in [0, 0.1) is 0 Å². The highest BCUT2D eigenvalue weighted by atomic mass is 16.5. The van der Waals surface area contributed by atoms with Gasteiger partial charge in [-0.25, -0.2) is 9.78 Å². The Morgan fingerprint density at radius 2 is 2.27 bits per heavy atom. The Kier molecular flexibility index (Phi) is 2.53. The summed E-state index contributed by atoms with van der Waals surface area (Å²) < 4.78 is 4.95. The maximum Gasteiger partial charge on any atom is 0.354 e. The molecule has 0 aliphatic heterocycles. The second-order valence-electron chi connectivity index (χ2n) is 3.59. The van der Waals surface area contributed by atoms with E-state index in [1.54, 1.807) is 0 Å². The molecule has 1 aliphatic rings. The quantitative estimate of drug-likeness (QED) is 0.813. The van der Waals surface area contributed by atoms with Gasteiger partial charge in [-0.1, -0.05) is 6.42 Å². The second kappa shape index (κ2) is 3.84. The number of aromatic nitrogens is 2. The molecule has 2 rings (SSSR count). The number of hydrogen-bond acceptors (Lipinski definition) is 4. The minimum atomic E-state index is -1.05. The highest BCUT2D eigenvalue weighted by Crippen LogP contribution is 2.34. The molecule has 0 atom stereocenters. The van der Waals surface area contributed by atoms with E-state index >= 15 is 0 Å². The maximum atomic E-state index is 10.8. The third-order valence-electron chi connectivity index (χ3n) is 2.62. The van der Waals surface area contributed by atoms with Gasteiger partial charge in [0.2, 0.25) is 5.88 Å². The minimum Gasteiger partial charge on any atom is -0.481 e. The zero-order chi connectivity index (χ0) is 10.8. The zero-order valence-corrected chi connectivity index (χ0v) is 8.43. The summed E-state index contributed by atoms with van der Waals surface area (Å²) in [6.07, 6.45) is 3.23. The average molecular weight is 208 g/mol. The van der Waals surface area contributed by atoms with E-state index in [0.29, 0.717) is 17.6 Å². The van der Waals surface area contributed by atoms with Crippen LogP contribution in [0.2, 0.25) is 0 Å². The molecule has 0 saturated heterocycles. The zero-order valence-electron chi connectivity index (χ0n) is 8.43. The third kappa shape index (κ3) is 1.91. The molecule has 5 heteroatoms. The topological polar surface area (TPSA) is 72.3 Å². The molecule has 1 saturated carbocycles. The van der Waals surface area contributed by atoms with Gasteiger partial charge in [-0.15, -0.1) is 0 Å². The molecule has 15 heavy (non-hydrogen) atoms. The van der Waals surface area contributed by atoms with E-state index in [4.69, 9.17) is 9.84 Å². The van der Waals surface area contributed by atoms with Gasteiger partial charge in [-0.3, -0.25) is 0 Å². The lowest BCUT2D eigenvalue weighted by atomic mass is 9.85. The van der Waals surface area contributed by atoms with Crippen molar-refractivity contribution in [3.05, 3.63) is 17.6 Å². The predicted molar refractivity (Wildman–Crippen MR) is 52.1 cm³/mol. The molecule has 0 amide bonds. The highest BCUT2D eigenvalue weighted by Gasteiger charge is 2.24. The van der Waals surface area contributed by atoms with Gasteiger partial charge in [0, 0.05) is 12.0 Å². The first kappa shape index (κ1) is 9.89. The molecule has 1 N–H and O–H groups in total. The number of carboxylic acid groups (broad SMARTS) is 1. The molecule has 0 spiro atoms. The lowest BCUT2D eigenvalue weighted by molar-refractivity contribution is 0.0689. The van der Waals surface area contributed by atoms with Gasteiger partial charge in [0.15, 0.2) is 5.69 Å². The van der Waals surface area contributed by atoms with Crippen molar-refractivity contribution >= 4 is 5.97 Å². The van der Waals surface area contributed by atoms with Gasteiger partial charge in [0.1, 0.15) is 5.82 Å². The number of carbonyl (C=O) groups is 1. The summed E-state index contributed by atoms with van der Waals surface area (Å²) >= 11 is 0. The van der Waals surface area contributed by atoms with E-state index in [0.717, 1.165) is 19.3 Å². The van der Waals surface area contributed by atoms with Crippen LogP contribution in [0.3, 0.4) is 0 Å². The predicted octanol–water partition coefficient (Wildman–Crippen LogP) is 1.45. The van der Waals surface area contributed by atoms with Crippen molar-refractivity contribution in [3.8, 4) is 5.88 Å². The van der Waals surface area contributed by atoms with E-state index < -0.39 is 5.97 Å². The molecule has 0 bridgehead atoms. The van der Waals surface area contributed by atoms with Crippen molar-refractivity contribution in [1.29, 1.82) is 0 Å². The molecule has 0 unspecified atom stereocenters. The lowest BCUT2D eigenvalue weighted by Gasteiger charge is -2.23. The molecule has 5 nitrogen and oxygen atoms in total. The van der Waals surface area contributed by atoms with Crippen LogP contribution < -0.4 is 4.74 Å². The second-order valence-corrected chi connectivity index (χ2v) is 3.59. The van der Waals surface area contributed by atoms with Crippen molar-refractivity contribution < 1.29 is 14.6 Å². The monoisotopic (exact) mass is 208 g/mol. The Morgan fingerprint density at radius 1 is 1.53 bits per heavy atom. The van der Waals surface area contributed by atoms with Crippen LogP contribution >= 0.6 is 0 Å². The van der Waals surface area contributed by atoms with Crippen LogP contribution in [-0.2, 0) is 0 Å². The van der Waals surface area contributed by atoms with Gasteiger partial charge >= 0.3 is 5.97 Å². The van der Waals surface area contributed by atoms with Gasteiger partial charge < -0.3 is 9.84 Å². The first-order valence-electron chi connectivity index (χ1n) is 4.87. The molecular formula is C10H12N2O3. The SMILES string of the molecule is COc1cc(C(=O)O)nc(C2CCC2)n1. The summed E-state index contributed by atoms with van der Waals surface area (Å²) in [6, 6.07) is 1.34. The van der Waals surface area contributed by atoms with E-state index in [1.807, 2.05) is 0 Å². The number of aromatic carboxylic acids is 1. The highest BCUT2D eigenvalue weighted by molar-refractivity contribution is 5.85. The summed E-state index contributed by atoms with van der Waals surface area (Å²) in [5.74, 6) is 0.178. The largest absolute Gasteiger partial charge is 0.481 e. The van der Waals surface area contributed by atoms with Crippen LogP contribution in [0.1, 0.15) is 41.5 Å². The molecule has 1 aromatic rings. The molecule has 1 fully saturated rings. The van der Waals surface area contributed by atoms with Crippen molar-refractivity contribution in [1.82, 2.24) is 9.97 Å². The van der Waals surface area contributed by atoms with Crippen molar-refractivity contribution in [2.24, 2.45) is 0 Å². The molecule has 1 aromatic heterocycles. The van der Waals surface area contributed by atoms with Crippen molar-refractivity contribution in [2.45, 2.75) is 25.2 Å². The fourth-order valence-corrected chi connectivity index (χ4v) is 1.51. The first-order chi connectivity index (χ1) is 7.20. The Labute approximate surface area is 87.1 Å². The molecular weight excluding hydrogens is 196 g/mol. The summed E-state index contributed by atoms with van der Waals surface area (Å²) in [5, 5.41) is 8.86. The van der Waals surface area contributed by atoms with Crippen LogP contribution in [0.4, 0.5) is 0 Å². The summed E-state index contributed by atoms with van der Waals surface area (Å²) in [5.41, 5.74) is 0.00347. The fourth-order valence-electron chi connectivity index (χ4n) is 1.51. The smallest absolute Gasteiger partial charge is 0.354 e. The average Bonchev–Trinajstić information content (AvgIpc) is 2.14. The van der Waals surface area contributed by atoms with E-state index in [2.05, 4.69) is 9.97 Å². The van der Waals surface area contributed by atoms with E-state index in [-0.39, 0.29) is 5.69 Å². The Hall–Kier alpha value is -1.65. The van der Waals surface area contributed by atoms with Crippen molar-refractivity contribution in [3.63, 3.8) is 0 Å². The Balaban J connectivity index is 2.36. The molecule has 80 valence electrons. The van der Waals surface area contributed by atoms with Gasteiger partial charge in [-0.2, -0.15) is 4.98 Å². The van der Waals surface area contributed by atoms with Gasteiger partial charge in [0.05, 0.1) is 7.11 Å². The maximum absolute atomic E-state index is 10.8. The molecule has 0 radical (unpaired) electrons. The van der Waals surface area contributed by atoms with Crippen LogP contribution in [-0.4, -0.2) is 28.2 Å². The summed E-state index contributed by atoms with van der Waals surface area (Å²) in [4.78, 5) is 19.0. The summed E-state index contributed by atoms with van der Waals surface area (Å²) in [6.45, 7) is 0. The van der Waals surface area contributed by atoms with Crippen LogP contribution in [0.5, 0.6) is 5.88 Å². The number of carboxylic acids is 1. The van der Waals surface area contributed by atoms with Crippen molar-refractivity contribution in [2.75, 3.05) is 7.11 Å². The number of ether oxygens (including phenoxy) is 1. The number of methoxy groups -OCH3 is 1. The Morgan fingerprint density at radius 3 is 2.73 bits per heavy atom. The third-order valence-corrected chi connectivity index (χ3v) is 2.62. The lowest BCUT2D eigenvalue weighted by Crippen LogP contribution is -2.15. The first-order valence-corrected chi connectivity index (χ1v) is 4.87. The minimum absolute atomic E-state index is 0.00347. The van der Waals surface area contributed by atoms with E-state index in [1.165, 1.54) is 13.2 Å². The normalized spacial score (nSPS) is 15.8.